The van der Waals surface area contributed by atoms with Gasteiger partial charge in [-0.3, -0.25) is 0 Å². The van der Waals surface area contributed by atoms with Crippen LogP contribution in [0, 0.1) is 0 Å². The van der Waals surface area contributed by atoms with Gasteiger partial charge in [0.2, 0.25) is 0 Å². The van der Waals surface area contributed by atoms with E-state index in [1.54, 1.807) is 0 Å². The summed E-state index contributed by atoms with van der Waals surface area (Å²) in [6.45, 7) is 0. The number of anilines is 6. The third kappa shape index (κ3) is 5.44. The largest absolute Gasteiger partial charge is 0.456 e. The topological polar surface area (TPSA) is 32.8 Å². The van der Waals surface area contributed by atoms with Crippen molar-refractivity contribution in [1.82, 2.24) is 0 Å². The van der Waals surface area contributed by atoms with E-state index in [4.69, 9.17) is 8.83 Å². The second-order valence-electron chi connectivity index (χ2n) is 19.4. The van der Waals surface area contributed by atoms with E-state index in [9.17, 15) is 0 Å². The molecule has 0 bridgehead atoms. The Hall–Kier alpha value is -9.64. The molecular weight excluding hydrogens is 889 g/mol. The predicted octanol–water partition coefficient (Wildman–Crippen LogP) is 19.1. The van der Waals surface area contributed by atoms with E-state index in [2.05, 4.69) is 265 Å². The van der Waals surface area contributed by atoms with Crippen LogP contribution >= 0.6 is 0 Å². The summed E-state index contributed by atoms with van der Waals surface area (Å²) in [7, 11) is 0. The van der Waals surface area contributed by atoms with Gasteiger partial charge >= 0.3 is 0 Å². The third-order valence-corrected chi connectivity index (χ3v) is 15.8. The smallest absolute Gasteiger partial charge is 0.143 e. The fourth-order valence-electron chi connectivity index (χ4n) is 13.0. The normalized spacial score (nSPS) is 13.0. The number of benzene rings is 12. The molecule has 2 aliphatic carbocycles. The highest BCUT2D eigenvalue weighted by Gasteiger charge is 2.54. The molecule has 1 spiro atoms. The van der Waals surface area contributed by atoms with Crippen LogP contribution in [0.3, 0.4) is 0 Å². The van der Waals surface area contributed by atoms with Crippen LogP contribution in [-0.2, 0) is 5.41 Å². The van der Waals surface area contributed by atoms with Crippen LogP contribution < -0.4 is 9.80 Å². The monoisotopic (exact) mass is 930 g/mol. The molecule has 16 rings (SSSR count). The van der Waals surface area contributed by atoms with Crippen molar-refractivity contribution in [2.24, 2.45) is 0 Å². The average molecular weight is 931 g/mol. The lowest BCUT2D eigenvalue weighted by atomic mass is 9.69. The Morgan fingerprint density at radius 1 is 0.288 bits per heavy atom. The van der Waals surface area contributed by atoms with Crippen molar-refractivity contribution in [3.8, 4) is 22.3 Å². The Morgan fingerprint density at radius 3 is 1.38 bits per heavy atom. The van der Waals surface area contributed by atoms with Gasteiger partial charge in [0.25, 0.3) is 0 Å². The molecule has 0 unspecified atom stereocenters. The van der Waals surface area contributed by atoms with Crippen molar-refractivity contribution in [3.63, 3.8) is 0 Å². The van der Waals surface area contributed by atoms with Gasteiger partial charge in [0, 0.05) is 60.8 Å². The summed E-state index contributed by atoms with van der Waals surface area (Å²) in [5, 5.41) is 8.90. The summed E-state index contributed by atoms with van der Waals surface area (Å²) >= 11 is 0. The fraction of sp³-hybridized carbons (Fsp3) is 0.0145. The van der Waals surface area contributed by atoms with E-state index in [-0.39, 0.29) is 0 Å². The van der Waals surface area contributed by atoms with Gasteiger partial charge in [-0.05, 0) is 146 Å². The van der Waals surface area contributed by atoms with Crippen molar-refractivity contribution in [2.45, 2.75) is 5.41 Å². The minimum atomic E-state index is -0.752. The Labute approximate surface area is 420 Å². The molecule has 4 nitrogen and oxygen atoms in total. The molecule has 0 amide bonds. The van der Waals surface area contributed by atoms with Crippen molar-refractivity contribution in [2.75, 3.05) is 9.80 Å². The van der Waals surface area contributed by atoms with Crippen LogP contribution in [0.1, 0.15) is 22.3 Å². The lowest BCUT2D eigenvalue weighted by Gasteiger charge is -2.34. The van der Waals surface area contributed by atoms with Gasteiger partial charge in [-0.15, -0.1) is 0 Å². The van der Waals surface area contributed by atoms with Gasteiger partial charge in [0.1, 0.15) is 22.3 Å². The van der Waals surface area contributed by atoms with E-state index in [1.165, 1.54) is 44.5 Å². The third-order valence-electron chi connectivity index (χ3n) is 15.8. The summed E-state index contributed by atoms with van der Waals surface area (Å²) in [5.74, 6) is 0. The minimum absolute atomic E-state index is 0.752. The highest BCUT2D eigenvalue weighted by Crippen LogP contribution is 2.68. The van der Waals surface area contributed by atoms with Gasteiger partial charge in [0.05, 0.1) is 11.1 Å². The summed E-state index contributed by atoms with van der Waals surface area (Å²) in [5.41, 5.74) is 19.1. The van der Waals surface area contributed by atoms with Gasteiger partial charge in [-0.2, -0.15) is 0 Å². The maximum Gasteiger partial charge on any atom is 0.143 e. The highest BCUT2D eigenvalue weighted by atomic mass is 16.3. The van der Waals surface area contributed by atoms with Crippen LogP contribution in [0.5, 0.6) is 0 Å². The van der Waals surface area contributed by atoms with Crippen molar-refractivity contribution in [3.05, 3.63) is 277 Å². The number of hydrogen-bond donors (Lipinski definition) is 0. The zero-order valence-corrected chi connectivity index (χ0v) is 39.5. The summed E-state index contributed by atoms with van der Waals surface area (Å²) < 4.78 is 14.1. The molecule has 12 aromatic carbocycles. The first kappa shape index (κ1) is 40.1. The van der Waals surface area contributed by atoms with Gasteiger partial charge in [0.15, 0.2) is 0 Å². The first-order valence-corrected chi connectivity index (χ1v) is 25.1. The maximum absolute atomic E-state index is 7.31. The molecule has 0 fully saturated rings. The molecule has 2 aliphatic rings. The first-order chi connectivity index (χ1) is 36.3. The average Bonchev–Trinajstić information content (AvgIpc) is 4.34. The molecule has 0 N–H and O–H groups in total. The number of para-hydroxylation sites is 6. The van der Waals surface area contributed by atoms with E-state index in [1.807, 2.05) is 0 Å². The Kier molecular flexibility index (Phi) is 8.35. The zero-order valence-electron chi connectivity index (χ0n) is 39.5. The minimum Gasteiger partial charge on any atom is -0.456 e. The Morgan fingerprint density at radius 2 is 0.781 bits per heavy atom. The van der Waals surface area contributed by atoms with Gasteiger partial charge in [-0.1, -0.05) is 164 Å². The Balaban J connectivity index is 1.14. The van der Waals surface area contributed by atoms with Crippen LogP contribution in [0.4, 0.5) is 34.1 Å². The molecule has 0 aliphatic heterocycles. The summed E-state index contributed by atoms with van der Waals surface area (Å²) in [6.07, 6.45) is 0. The molecule has 0 radical (unpaired) electrons. The standard InChI is InChI=1S/C69H42N2O2/c1-5-21-43(22-6-1)70(44-23-7-2-8-24-44)47-37-38-50-54(41-47)68-65(52-32-16-20-36-60(52)73-68)66-62-53-39-40-61-64(51-31-15-19-35-59(51)72-61)63(53)58(71(45-25-9-3-10-26-45)46-27-11-4-12-28-46)42-57(62)69(67(50)66)55-33-17-13-29-48(55)49-30-14-18-34-56(49)69/h1-42H. The number of nitrogens with zero attached hydrogens (tertiary/aromatic N) is 2. The fourth-order valence-corrected chi connectivity index (χ4v) is 13.0. The van der Waals surface area contributed by atoms with Crippen LogP contribution in [0.2, 0.25) is 0 Å². The number of hydrogen-bond acceptors (Lipinski definition) is 4. The lowest BCUT2D eigenvalue weighted by Crippen LogP contribution is -2.26. The number of furan rings is 2. The molecular formula is C69H42N2O2. The van der Waals surface area contributed by atoms with Gasteiger partial charge < -0.3 is 18.6 Å². The van der Waals surface area contributed by atoms with E-state index >= 15 is 0 Å². The van der Waals surface area contributed by atoms with Crippen LogP contribution in [0.25, 0.3) is 87.7 Å². The van der Waals surface area contributed by atoms with Crippen LogP contribution in [0.15, 0.2) is 264 Å². The van der Waals surface area contributed by atoms with Gasteiger partial charge in [-0.25, -0.2) is 0 Å². The zero-order chi connectivity index (χ0) is 47.8. The molecule has 4 heteroatoms. The molecule has 73 heavy (non-hydrogen) atoms. The lowest BCUT2D eigenvalue weighted by molar-refractivity contribution is 0.669. The molecule has 0 saturated carbocycles. The number of rotatable bonds is 6. The SMILES string of the molecule is c1ccc(N(c2ccccc2)c2ccc3c4c(c5c6ccccc6oc5c3c2)-c2c(cc(N(c3ccccc3)c3ccccc3)c3c2ccc2oc5ccccc5c23)C42c3ccccc3-c3ccccc32)cc1. The quantitative estimate of drug-likeness (QED) is 0.166. The van der Waals surface area contributed by atoms with E-state index in [0.717, 1.165) is 99.5 Å². The molecule has 0 saturated heterocycles. The molecule has 2 heterocycles. The van der Waals surface area contributed by atoms with Crippen molar-refractivity contribution in [1.29, 1.82) is 0 Å². The summed E-state index contributed by atoms with van der Waals surface area (Å²) in [4.78, 5) is 4.82. The van der Waals surface area contributed by atoms with E-state index in [0.29, 0.717) is 0 Å². The van der Waals surface area contributed by atoms with Crippen molar-refractivity contribution < 1.29 is 8.83 Å². The maximum atomic E-state index is 7.31. The highest BCUT2D eigenvalue weighted by molar-refractivity contribution is 6.32. The number of fused-ring (bicyclic) bond motifs is 23. The van der Waals surface area contributed by atoms with Crippen LogP contribution in [-0.4, -0.2) is 0 Å². The molecule has 340 valence electrons. The second kappa shape index (κ2) is 15.2. The summed E-state index contributed by atoms with van der Waals surface area (Å²) in [6, 6.07) is 92.6. The molecule has 2 aromatic heterocycles. The molecule has 14 aromatic rings. The Bertz CT molecular complexity index is 4430. The second-order valence-corrected chi connectivity index (χ2v) is 19.4. The van der Waals surface area contributed by atoms with E-state index < -0.39 is 5.41 Å². The van der Waals surface area contributed by atoms with Crippen molar-refractivity contribution >= 4 is 99.5 Å². The molecule has 0 atom stereocenters. The predicted molar refractivity (Wildman–Crippen MR) is 302 cm³/mol. The first-order valence-electron chi connectivity index (χ1n) is 25.1.